The van der Waals surface area contributed by atoms with Crippen LogP contribution in [0.4, 0.5) is 10.6 Å². The molecule has 0 unspecified atom stereocenters. The Morgan fingerprint density at radius 3 is 2.71 bits per heavy atom. The SMILES string of the molecule is CCc1c(C(=O)O)ncn1-n1c(NC(N)=O)c(O)[nH]c1=O. The fourth-order valence-electron chi connectivity index (χ4n) is 1.90. The summed E-state index contributed by atoms with van der Waals surface area (Å²) < 4.78 is 1.92. The Balaban J connectivity index is 2.70. The molecule has 0 atom stereocenters. The van der Waals surface area contributed by atoms with Crippen molar-refractivity contribution in [3.8, 4) is 5.88 Å². The van der Waals surface area contributed by atoms with Gasteiger partial charge in [0.05, 0.1) is 5.69 Å². The Bertz CT molecular complexity index is 769. The maximum absolute atomic E-state index is 11.8. The van der Waals surface area contributed by atoms with Gasteiger partial charge < -0.3 is 15.9 Å². The van der Waals surface area contributed by atoms with E-state index in [-0.39, 0.29) is 23.6 Å². The molecule has 11 heteroatoms. The van der Waals surface area contributed by atoms with E-state index < -0.39 is 23.6 Å². The third kappa shape index (κ3) is 2.31. The predicted molar refractivity (Wildman–Crippen MR) is 69.3 cm³/mol. The van der Waals surface area contributed by atoms with Gasteiger partial charge in [-0.15, -0.1) is 0 Å². The number of carboxylic acid groups (broad SMARTS) is 1. The summed E-state index contributed by atoms with van der Waals surface area (Å²) in [5.74, 6) is -2.20. The summed E-state index contributed by atoms with van der Waals surface area (Å²) >= 11 is 0. The van der Waals surface area contributed by atoms with E-state index in [0.29, 0.717) is 0 Å². The van der Waals surface area contributed by atoms with Gasteiger partial charge in [-0.3, -0.25) is 10.3 Å². The van der Waals surface area contributed by atoms with Crippen molar-refractivity contribution < 1.29 is 19.8 Å². The molecule has 21 heavy (non-hydrogen) atoms. The standard InChI is InChI=1S/C10H12N6O5/c1-2-4-5(8(18)19)12-3-15(4)16-6(13-9(11)20)7(17)14-10(16)21/h3,17H,2H2,1H3,(H,14,21)(H,18,19)(H3,11,13,20). The first kappa shape index (κ1) is 14.2. The van der Waals surface area contributed by atoms with Gasteiger partial charge in [0.1, 0.15) is 6.33 Å². The number of carbonyl (C=O) groups excluding carboxylic acids is 1. The number of nitrogens with two attached hydrogens (primary N) is 1. The fraction of sp³-hybridized carbons (Fsp3) is 0.200. The quantitative estimate of drug-likeness (QED) is 0.491. The van der Waals surface area contributed by atoms with E-state index in [9.17, 15) is 19.5 Å². The minimum atomic E-state index is -1.26. The number of nitrogens with one attached hydrogen (secondary N) is 2. The normalized spacial score (nSPS) is 10.5. The number of urea groups is 1. The summed E-state index contributed by atoms with van der Waals surface area (Å²) in [6, 6.07) is -1.00. The molecule has 0 fully saturated rings. The molecule has 0 saturated carbocycles. The van der Waals surface area contributed by atoms with Crippen molar-refractivity contribution in [3.63, 3.8) is 0 Å². The lowest BCUT2D eigenvalue weighted by Crippen LogP contribution is -2.29. The number of aromatic hydroxyl groups is 1. The number of imidazole rings is 2. The number of amides is 2. The summed E-state index contributed by atoms with van der Waals surface area (Å²) in [4.78, 5) is 39.6. The molecule has 6 N–H and O–H groups in total. The summed E-state index contributed by atoms with van der Waals surface area (Å²) in [6.07, 6.45) is 1.33. The first-order valence-electron chi connectivity index (χ1n) is 5.77. The highest BCUT2D eigenvalue weighted by atomic mass is 16.4. The molecule has 2 rings (SSSR count). The molecule has 0 spiro atoms. The van der Waals surface area contributed by atoms with E-state index in [2.05, 4.69) is 15.3 Å². The van der Waals surface area contributed by atoms with Crippen molar-refractivity contribution in [3.05, 3.63) is 28.2 Å². The second kappa shape index (κ2) is 5.03. The molecule has 112 valence electrons. The number of hydrogen-bond donors (Lipinski definition) is 5. The first-order chi connectivity index (χ1) is 9.86. The van der Waals surface area contributed by atoms with Gasteiger partial charge in [-0.25, -0.2) is 24.0 Å². The third-order valence-electron chi connectivity index (χ3n) is 2.69. The van der Waals surface area contributed by atoms with Gasteiger partial charge in [0.2, 0.25) is 5.88 Å². The summed E-state index contributed by atoms with van der Waals surface area (Å²) in [5.41, 5.74) is 4.12. The largest absolute Gasteiger partial charge is 0.492 e. The van der Waals surface area contributed by atoms with E-state index in [1.807, 2.05) is 0 Å². The number of nitrogens with zero attached hydrogens (tertiary/aromatic N) is 3. The van der Waals surface area contributed by atoms with E-state index in [1.54, 1.807) is 6.92 Å². The molecule has 0 bridgehead atoms. The second-order valence-corrected chi connectivity index (χ2v) is 3.97. The Hall–Kier alpha value is -3.24. The smallest absolute Gasteiger partial charge is 0.356 e. The Labute approximate surface area is 116 Å². The number of aromatic carboxylic acids is 1. The van der Waals surface area contributed by atoms with Crippen LogP contribution in [0.15, 0.2) is 11.1 Å². The predicted octanol–water partition coefficient (Wildman–Crippen LogP) is -0.859. The molecule has 2 aromatic rings. The van der Waals surface area contributed by atoms with Crippen LogP contribution in [-0.2, 0) is 6.42 Å². The van der Waals surface area contributed by atoms with Crippen molar-refractivity contribution in [2.45, 2.75) is 13.3 Å². The van der Waals surface area contributed by atoms with E-state index in [0.717, 1.165) is 15.7 Å². The Morgan fingerprint density at radius 1 is 1.52 bits per heavy atom. The molecule has 2 amide bonds. The van der Waals surface area contributed by atoms with Crippen LogP contribution in [-0.4, -0.2) is 41.5 Å². The number of anilines is 1. The van der Waals surface area contributed by atoms with Gasteiger partial charge in [0.25, 0.3) is 0 Å². The van der Waals surface area contributed by atoms with Crippen LogP contribution >= 0.6 is 0 Å². The highest BCUT2D eigenvalue weighted by molar-refractivity contribution is 5.88. The van der Waals surface area contributed by atoms with Crippen molar-refractivity contribution >= 4 is 17.8 Å². The molecule has 11 nitrogen and oxygen atoms in total. The number of hydrogen-bond acceptors (Lipinski definition) is 5. The maximum Gasteiger partial charge on any atom is 0.356 e. The monoisotopic (exact) mass is 296 g/mol. The molecule has 2 aromatic heterocycles. The number of primary amides is 1. The lowest BCUT2D eigenvalue weighted by atomic mass is 10.3. The van der Waals surface area contributed by atoms with Crippen LogP contribution < -0.4 is 16.7 Å². The second-order valence-electron chi connectivity index (χ2n) is 3.97. The van der Waals surface area contributed by atoms with E-state index in [1.165, 1.54) is 0 Å². The minimum Gasteiger partial charge on any atom is -0.492 e. The molecule has 0 aliphatic heterocycles. The Morgan fingerprint density at radius 2 is 2.19 bits per heavy atom. The lowest BCUT2D eigenvalue weighted by Gasteiger charge is -2.10. The molecule has 2 heterocycles. The van der Waals surface area contributed by atoms with Crippen LogP contribution in [0.5, 0.6) is 5.88 Å². The molecular formula is C10H12N6O5. The van der Waals surface area contributed by atoms with Crippen LogP contribution in [0.1, 0.15) is 23.1 Å². The fourth-order valence-corrected chi connectivity index (χ4v) is 1.90. The number of H-pyrrole nitrogens is 1. The van der Waals surface area contributed by atoms with Crippen LogP contribution in [0, 0.1) is 0 Å². The van der Waals surface area contributed by atoms with Crippen molar-refractivity contribution in [2.24, 2.45) is 5.73 Å². The minimum absolute atomic E-state index is 0.205. The first-order valence-corrected chi connectivity index (χ1v) is 5.77. The number of aromatic nitrogens is 4. The summed E-state index contributed by atoms with van der Waals surface area (Å²) in [7, 11) is 0. The highest BCUT2D eigenvalue weighted by Gasteiger charge is 2.22. The number of carboxylic acids is 1. The van der Waals surface area contributed by atoms with Crippen LogP contribution in [0.25, 0.3) is 0 Å². The molecular weight excluding hydrogens is 284 g/mol. The zero-order valence-corrected chi connectivity index (χ0v) is 10.8. The third-order valence-corrected chi connectivity index (χ3v) is 2.69. The molecule has 0 aromatic carbocycles. The van der Waals surface area contributed by atoms with E-state index >= 15 is 0 Å². The molecule has 0 radical (unpaired) electrons. The summed E-state index contributed by atoms with van der Waals surface area (Å²) in [6.45, 7) is 1.67. The topological polar surface area (TPSA) is 168 Å². The molecule has 0 saturated heterocycles. The highest BCUT2D eigenvalue weighted by Crippen LogP contribution is 2.20. The van der Waals surface area contributed by atoms with Gasteiger partial charge >= 0.3 is 17.7 Å². The van der Waals surface area contributed by atoms with Crippen LogP contribution in [0.2, 0.25) is 0 Å². The zero-order chi connectivity index (χ0) is 15.7. The average Bonchev–Trinajstić information content (AvgIpc) is 2.90. The lowest BCUT2D eigenvalue weighted by molar-refractivity contribution is 0.0689. The Kier molecular flexibility index (Phi) is 3.40. The number of aromatic amines is 1. The van der Waals surface area contributed by atoms with Crippen molar-refractivity contribution in [2.75, 3.05) is 5.32 Å². The van der Waals surface area contributed by atoms with Gasteiger partial charge in [-0.2, -0.15) is 4.68 Å². The van der Waals surface area contributed by atoms with Gasteiger partial charge in [0.15, 0.2) is 11.5 Å². The van der Waals surface area contributed by atoms with Gasteiger partial charge in [0, 0.05) is 0 Å². The maximum atomic E-state index is 11.8. The van der Waals surface area contributed by atoms with Gasteiger partial charge in [-0.05, 0) is 6.42 Å². The summed E-state index contributed by atoms with van der Waals surface area (Å²) in [5, 5.41) is 20.7. The van der Waals surface area contributed by atoms with Crippen molar-refractivity contribution in [1.29, 1.82) is 0 Å². The van der Waals surface area contributed by atoms with Crippen molar-refractivity contribution in [1.82, 2.24) is 19.3 Å². The van der Waals surface area contributed by atoms with Gasteiger partial charge in [-0.1, -0.05) is 6.92 Å². The molecule has 0 aliphatic carbocycles. The number of carbonyl (C=O) groups is 2. The van der Waals surface area contributed by atoms with Crippen LogP contribution in [0.3, 0.4) is 0 Å². The molecule has 0 aliphatic rings. The van der Waals surface area contributed by atoms with E-state index in [4.69, 9.17) is 10.8 Å². The average molecular weight is 296 g/mol. The number of rotatable bonds is 4. The zero-order valence-electron chi connectivity index (χ0n) is 10.8.